The lowest BCUT2D eigenvalue weighted by Crippen LogP contribution is -2.52. The maximum atomic E-state index is 12.9. The van der Waals surface area contributed by atoms with Crippen molar-refractivity contribution in [3.8, 4) is 0 Å². The van der Waals surface area contributed by atoms with Crippen LogP contribution in [-0.2, 0) is 15.8 Å². The summed E-state index contributed by atoms with van der Waals surface area (Å²) < 4.78 is 38.7. The Balaban J connectivity index is 3.35. The van der Waals surface area contributed by atoms with Crippen molar-refractivity contribution in [1.82, 2.24) is 5.32 Å². The van der Waals surface area contributed by atoms with Crippen LogP contribution >= 0.6 is 0 Å². The van der Waals surface area contributed by atoms with E-state index < -0.39 is 29.6 Å². The average molecular weight is 330 g/mol. The van der Waals surface area contributed by atoms with Crippen LogP contribution in [0.25, 0.3) is 0 Å². The molecule has 23 heavy (non-hydrogen) atoms. The molecule has 0 heterocycles. The number of nitrogens with one attached hydrogen (secondary N) is 1. The number of hydrogen-bond donors (Lipinski definition) is 1. The van der Waals surface area contributed by atoms with Gasteiger partial charge in [0.05, 0.1) is 5.56 Å². The number of nitrogens with zero attached hydrogens (tertiary/aromatic N) is 1. The maximum absolute atomic E-state index is 12.9. The fourth-order valence-electron chi connectivity index (χ4n) is 2.37. The fraction of sp³-hybridized carbons (Fsp3) is 0.500. The first kappa shape index (κ1) is 19.0. The summed E-state index contributed by atoms with van der Waals surface area (Å²) >= 11 is 0. The number of rotatable bonds is 5. The van der Waals surface area contributed by atoms with Crippen molar-refractivity contribution in [2.24, 2.45) is 5.92 Å². The highest BCUT2D eigenvalue weighted by Gasteiger charge is 2.34. The molecule has 1 aromatic rings. The number of benzene rings is 1. The van der Waals surface area contributed by atoms with Crippen molar-refractivity contribution in [3.63, 3.8) is 0 Å². The van der Waals surface area contributed by atoms with E-state index in [2.05, 4.69) is 5.32 Å². The molecular weight excluding hydrogens is 309 g/mol. The number of alkyl halides is 3. The Hall–Kier alpha value is -2.05. The predicted molar refractivity (Wildman–Crippen MR) is 81.9 cm³/mol. The highest BCUT2D eigenvalue weighted by molar-refractivity contribution is 5.99. The number of carbonyl (C=O) groups is 2. The molecule has 0 bridgehead atoms. The van der Waals surface area contributed by atoms with Gasteiger partial charge in [0.1, 0.15) is 6.04 Å². The molecule has 1 aromatic carbocycles. The zero-order valence-electron chi connectivity index (χ0n) is 13.6. The Labute approximate surface area is 133 Å². The summed E-state index contributed by atoms with van der Waals surface area (Å²) in [7, 11) is 0. The van der Waals surface area contributed by atoms with Gasteiger partial charge in [0.2, 0.25) is 11.8 Å². The van der Waals surface area contributed by atoms with E-state index in [4.69, 9.17) is 0 Å². The van der Waals surface area contributed by atoms with E-state index in [0.29, 0.717) is 6.54 Å². The van der Waals surface area contributed by atoms with E-state index in [0.717, 1.165) is 17.0 Å². The minimum Gasteiger partial charge on any atom is -0.355 e. The summed E-state index contributed by atoms with van der Waals surface area (Å²) in [4.78, 5) is 25.4. The third-order valence-corrected chi connectivity index (χ3v) is 3.32. The summed E-state index contributed by atoms with van der Waals surface area (Å²) in [5.41, 5.74) is -0.808. The first-order chi connectivity index (χ1) is 10.6. The zero-order chi connectivity index (χ0) is 17.8. The second-order valence-electron chi connectivity index (χ2n) is 5.52. The summed E-state index contributed by atoms with van der Waals surface area (Å²) in [6.45, 7) is 6.82. The molecule has 0 spiro atoms. The van der Waals surface area contributed by atoms with Gasteiger partial charge in [-0.25, -0.2) is 0 Å². The Morgan fingerprint density at radius 1 is 1.26 bits per heavy atom. The third kappa shape index (κ3) is 4.71. The van der Waals surface area contributed by atoms with Gasteiger partial charge in [-0.2, -0.15) is 13.2 Å². The molecule has 1 N–H and O–H groups in total. The molecule has 1 unspecified atom stereocenters. The lowest BCUT2D eigenvalue weighted by atomic mass is 10.00. The van der Waals surface area contributed by atoms with E-state index in [1.165, 1.54) is 19.1 Å². The van der Waals surface area contributed by atoms with Gasteiger partial charge in [-0.3, -0.25) is 14.5 Å². The minimum absolute atomic E-state index is 0.0530. The summed E-state index contributed by atoms with van der Waals surface area (Å²) in [6, 6.07) is 3.55. The normalized spacial score (nSPS) is 12.9. The summed E-state index contributed by atoms with van der Waals surface area (Å²) in [6.07, 6.45) is -4.52. The SMILES string of the molecule is CCNC(=O)C(C(C)C)N(C(C)=O)c1cccc(C(F)(F)F)c1. The first-order valence-electron chi connectivity index (χ1n) is 7.34. The lowest BCUT2D eigenvalue weighted by molar-refractivity contribution is -0.137. The molecular formula is C16H21F3N2O2. The van der Waals surface area contributed by atoms with Crippen molar-refractivity contribution < 1.29 is 22.8 Å². The van der Waals surface area contributed by atoms with Gasteiger partial charge in [0.25, 0.3) is 0 Å². The molecule has 0 radical (unpaired) electrons. The predicted octanol–water partition coefficient (Wildman–Crippen LogP) is 3.22. The second-order valence-corrected chi connectivity index (χ2v) is 5.52. The van der Waals surface area contributed by atoms with Crippen molar-refractivity contribution >= 4 is 17.5 Å². The summed E-state index contributed by atoms with van der Waals surface area (Å²) in [5.74, 6) is -1.15. The highest BCUT2D eigenvalue weighted by atomic mass is 19.4. The quantitative estimate of drug-likeness (QED) is 0.901. The van der Waals surface area contributed by atoms with Gasteiger partial charge < -0.3 is 5.32 Å². The number of carbonyl (C=O) groups excluding carboxylic acids is 2. The van der Waals surface area contributed by atoms with Crippen LogP contribution in [0.1, 0.15) is 33.3 Å². The van der Waals surface area contributed by atoms with Gasteiger partial charge >= 0.3 is 6.18 Å². The Kier molecular flexibility index (Phi) is 6.18. The second kappa shape index (κ2) is 7.48. The molecule has 1 atom stereocenters. The largest absolute Gasteiger partial charge is 0.416 e. The van der Waals surface area contributed by atoms with Crippen molar-refractivity contribution in [3.05, 3.63) is 29.8 Å². The molecule has 2 amide bonds. The van der Waals surface area contributed by atoms with Crippen LogP contribution in [0.3, 0.4) is 0 Å². The van der Waals surface area contributed by atoms with Crippen LogP contribution in [-0.4, -0.2) is 24.4 Å². The number of likely N-dealkylation sites (N-methyl/N-ethyl adjacent to an activating group) is 1. The van der Waals surface area contributed by atoms with E-state index in [9.17, 15) is 22.8 Å². The topological polar surface area (TPSA) is 49.4 Å². The van der Waals surface area contributed by atoms with Crippen molar-refractivity contribution in [1.29, 1.82) is 0 Å². The van der Waals surface area contributed by atoms with E-state index >= 15 is 0 Å². The summed E-state index contributed by atoms with van der Waals surface area (Å²) in [5, 5.41) is 2.62. The lowest BCUT2D eigenvalue weighted by Gasteiger charge is -2.33. The molecule has 4 nitrogen and oxygen atoms in total. The number of hydrogen-bond acceptors (Lipinski definition) is 2. The van der Waals surface area contributed by atoms with Crippen LogP contribution in [0, 0.1) is 5.92 Å². The van der Waals surface area contributed by atoms with Crippen LogP contribution < -0.4 is 10.2 Å². The van der Waals surface area contributed by atoms with E-state index in [1.54, 1.807) is 20.8 Å². The third-order valence-electron chi connectivity index (χ3n) is 3.32. The Morgan fingerprint density at radius 2 is 1.87 bits per heavy atom. The standard InChI is InChI=1S/C16H21F3N2O2/c1-5-20-15(23)14(10(2)3)21(11(4)22)13-8-6-7-12(9-13)16(17,18)19/h6-10,14H,5H2,1-4H3,(H,20,23). The molecule has 0 aromatic heterocycles. The smallest absolute Gasteiger partial charge is 0.355 e. The van der Waals surface area contributed by atoms with Crippen LogP contribution in [0.2, 0.25) is 0 Å². The average Bonchev–Trinajstić information content (AvgIpc) is 2.43. The Morgan fingerprint density at radius 3 is 2.30 bits per heavy atom. The van der Waals surface area contributed by atoms with Gasteiger partial charge in [-0.15, -0.1) is 0 Å². The minimum atomic E-state index is -4.52. The van der Waals surface area contributed by atoms with Crippen LogP contribution in [0.4, 0.5) is 18.9 Å². The van der Waals surface area contributed by atoms with Crippen molar-refractivity contribution in [2.75, 3.05) is 11.4 Å². The molecule has 128 valence electrons. The number of amides is 2. The zero-order valence-corrected chi connectivity index (χ0v) is 13.6. The van der Waals surface area contributed by atoms with Gasteiger partial charge in [-0.05, 0) is 31.0 Å². The molecule has 0 aliphatic heterocycles. The van der Waals surface area contributed by atoms with E-state index in [1.807, 2.05) is 0 Å². The molecule has 0 fully saturated rings. The van der Waals surface area contributed by atoms with Crippen molar-refractivity contribution in [2.45, 2.75) is 39.9 Å². The highest BCUT2D eigenvalue weighted by Crippen LogP contribution is 2.32. The van der Waals surface area contributed by atoms with Crippen LogP contribution in [0.5, 0.6) is 0 Å². The van der Waals surface area contributed by atoms with Crippen LogP contribution in [0.15, 0.2) is 24.3 Å². The van der Waals surface area contributed by atoms with Gasteiger partial charge in [0, 0.05) is 19.2 Å². The molecule has 0 aliphatic rings. The van der Waals surface area contributed by atoms with Gasteiger partial charge in [0.15, 0.2) is 0 Å². The molecule has 0 aliphatic carbocycles. The maximum Gasteiger partial charge on any atom is 0.416 e. The number of anilines is 1. The van der Waals surface area contributed by atoms with E-state index in [-0.39, 0.29) is 11.6 Å². The fourth-order valence-corrected chi connectivity index (χ4v) is 2.37. The van der Waals surface area contributed by atoms with Gasteiger partial charge in [-0.1, -0.05) is 19.9 Å². The molecule has 0 saturated carbocycles. The molecule has 7 heteroatoms. The molecule has 0 saturated heterocycles. The molecule has 1 rings (SSSR count). The first-order valence-corrected chi connectivity index (χ1v) is 7.34. The number of halogens is 3. The Bertz CT molecular complexity index is 571. The monoisotopic (exact) mass is 330 g/mol.